The Bertz CT molecular complexity index is 1090. The van der Waals surface area contributed by atoms with Crippen LogP contribution in [0.1, 0.15) is 41.5 Å². The lowest BCUT2D eigenvalue weighted by Crippen LogP contribution is -2.24. The molecule has 150 valence electrons. The van der Waals surface area contributed by atoms with Crippen LogP contribution < -0.4 is 0 Å². The van der Waals surface area contributed by atoms with E-state index in [1.807, 2.05) is 90.7 Å². The molecular weight excluding hydrogens is 378 g/mol. The quantitative estimate of drug-likeness (QED) is 0.505. The molecule has 2 unspecified atom stereocenters. The van der Waals surface area contributed by atoms with Crippen LogP contribution >= 0.6 is 0 Å². The Balaban J connectivity index is 1.91. The van der Waals surface area contributed by atoms with Crippen LogP contribution in [0.25, 0.3) is 0 Å². The third-order valence-electron chi connectivity index (χ3n) is 5.85. The van der Waals surface area contributed by atoms with Crippen molar-refractivity contribution < 1.29 is 0 Å². The zero-order chi connectivity index (χ0) is 21.6. The number of hydrogen-bond acceptors (Lipinski definition) is 3. The molecule has 0 aliphatic carbocycles. The van der Waals surface area contributed by atoms with Gasteiger partial charge in [0.15, 0.2) is 0 Å². The Morgan fingerprint density at radius 3 is 1.42 bits per heavy atom. The molecule has 0 fully saturated rings. The molecule has 0 spiro atoms. The van der Waals surface area contributed by atoms with Gasteiger partial charge in [-0.25, -0.2) is 0 Å². The summed E-state index contributed by atoms with van der Waals surface area (Å²) in [4.78, 5) is 1.87. The Kier molecular flexibility index (Phi) is 5.97. The van der Waals surface area contributed by atoms with Gasteiger partial charge < -0.3 is 4.90 Å². The maximum Gasteiger partial charge on any atom is 0.118 e. The van der Waals surface area contributed by atoms with Gasteiger partial charge in [0.05, 0.1) is 6.04 Å². The summed E-state index contributed by atoms with van der Waals surface area (Å²) in [5.74, 6) is -0.121. The van der Waals surface area contributed by atoms with Gasteiger partial charge in [0.1, 0.15) is 23.5 Å². The van der Waals surface area contributed by atoms with Gasteiger partial charge in [0.2, 0.25) is 0 Å². The zero-order valence-electron chi connectivity index (χ0n) is 17.4. The van der Waals surface area contributed by atoms with Gasteiger partial charge in [-0.3, -0.25) is 0 Å². The molecule has 3 atom stereocenters. The van der Waals surface area contributed by atoms with Crippen LogP contribution in [0.5, 0.6) is 0 Å². The van der Waals surface area contributed by atoms with Crippen LogP contribution in [0, 0.1) is 22.7 Å². The minimum Gasteiger partial charge on any atom is -0.317 e. The van der Waals surface area contributed by atoms with E-state index in [2.05, 4.69) is 36.4 Å². The fraction of sp³-hybridized carbons (Fsp3) is 0.143. The molecule has 0 bridgehead atoms. The highest BCUT2D eigenvalue weighted by molar-refractivity contribution is 5.46. The molecule has 31 heavy (non-hydrogen) atoms. The van der Waals surface area contributed by atoms with Crippen LogP contribution in [0.4, 0.5) is 0 Å². The Morgan fingerprint density at radius 1 is 0.645 bits per heavy atom. The summed E-state index contributed by atoms with van der Waals surface area (Å²) in [7, 11) is 0. The van der Waals surface area contributed by atoms with Gasteiger partial charge in [-0.2, -0.15) is 10.5 Å². The van der Waals surface area contributed by atoms with Crippen molar-refractivity contribution in [1.29, 1.82) is 10.5 Å². The van der Waals surface area contributed by atoms with Crippen LogP contribution in [0.2, 0.25) is 0 Å². The summed E-state index contributed by atoms with van der Waals surface area (Å²) in [5, 5.41) is 20.2. The maximum absolute atomic E-state index is 10.1. The molecule has 3 heteroatoms. The SMILES string of the molecule is C[C@@H](c1ccccc1)N1C(C#N)=CC(c2ccccc2)C(c2ccccc2)C=C1C#N. The highest BCUT2D eigenvalue weighted by atomic mass is 15.2. The molecular formula is C28H23N3. The van der Waals surface area contributed by atoms with E-state index >= 15 is 0 Å². The Morgan fingerprint density at radius 2 is 1.03 bits per heavy atom. The molecule has 3 aromatic carbocycles. The van der Waals surface area contributed by atoms with E-state index < -0.39 is 0 Å². The molecule has 0 saturated heterocycles. The van der Waals surface area contributed by atoms with Crippen molar-refractivity contribution in [3.63, 3.8) is 0 Å². The summed E-state index contributed by atoms with van der Waals surface area (Å²) >= 11 is 0. The van der Waals surface area contributed by atoms with E-state index in [0.29, 0.717) is 11.4 Å². The number of nitriles is 2. The lowest BCUT2D eigenvalue weighted by molar-refractivity contribution is 0.364. The molecule has 1 aliphatic rings. The predicted octanol–water partition coefficient (Wildman–Crippen LogP) is 6.45. The van der Waals surface area contributed by atoms with Gasteiger partial charge in [-0.15, -0.1) is 0 Å². The minimum atomic E-state index is -0.149. The molecule has 1 heterocycles. The molecule has 1 aliphatic heterocycles. The monoisotopic (exact) mass is 401 g/mol. The number of rotatable bonds is 4. The largest absolute Gasteiger partial charge is 0.317 e. The molecule has 3 aromatic rings. The number of benzene rings is 3. The average molecular weight is 402 g/mol. The highest BCUT2D eigenvalue weighted by Gasteiger charge is 2.31. The van der Waals surface area contributed by atoms with E-state index in [4.69, 9.17) is 0 Å². The second-order valence-corrected chi connectivity index (χ2v) is 7.66. The maximum atomic E-state index is 10.1. The van der Waals surface area contributed by atoms with Crippen molar-refractivity contribution >= 4 is 0 Å². The van der Waals surface area contributed by atoms with Crippen molar-refractivity contribution in [1.82, 2.24) is 4.90 Å². The van der Waals surface area contributed by atoms with E-state index in [9.17, 15) is 10.5 Å². The molecule has 0 saturated carbocycles. The third-order valence-corrected chi connectivity index (χ3v) is 5.85. The van der Waals surface area contributed by atoms with Crippen molar-refractivity contribution in [2.24, 2.45) is 0 Å². The van der Waals surface area contributed by atoms with Crippen LogP contribution in [0.3, 0.4) is 0 Å². The first-order chi connectivity index (χ1) is 15.2. The van der Waals surface area contributed by atoms with Crippen molar-refractivity contribution in [3.05, 3.63) is 131 Å². The first kappa shape index (κ1) is 20.2. The summed E-state index contributed by atoms with van der Waals surface area (Å²) in [6.45, 7) is 2.03. The number of allylic oxidation sites excluding steroid dienone is 4. The topological polar surface area (TPSA) is 50.8 Å². The fourth-order valence-electron chi connectivity index (χ4n) is 4.28. The summed E-state index contributed by atoms with van der Waals surface area (Å²) in [6.07, 6.45) is 4.04. The van der Waals surface area contributed by atoms with Crippen LogP contribution in [0.15, 0.2) is 115 Å². The number of nitrogens with zero attached hydrogens (tertiary/aromatic N) is 3. The zero-order valence-corrected chi connectivity index (χ0v) is 17.4. The standard InChI is InChI=1S/C28H23N3/c1-21(22-11-5-2-6-12-22)31-25(19-29)17-27(23-13-7-3-8-14-23)28(18-26(31)20-30)24-15-9-4-10-16-24/h2-18,21,27-28H,1H3/t21-,27?,28?/m0/s1. The Labute approximate surface area is 183 Å². The van der Waals surface area contributed by atoms with Gasteiger partial charge in [0, 0.05) is 11.8 Å². The third kappa shape index (κ3) is 4.13. The minimum absolute atomic E-state index is 0.0606. The van der Waals surface area contributed by atoms with E-state index in [1.54, 1.807) is 0 Å². The van der Waals surface area contributed by atoms with E-state index in [1.165, 1.54) is 0 Å². The average Bonchev–Trinajstić information content (AvgIpc) is 3.02. The second kappa shape index (κ2) is 9.16. The van der Waals surface area contributed by atoms with Crippen molar-refractivity contribution in [3.8, 4) is 12.1 Å². The summed E-state index contributed by atoms with van der Waals surface area (Å²) in [6, 6.07) is 35.0. The first-order valence-corrected chi connectivity index (χ1v) is 10.4. The van der Waals surface area contributed by atoms with Crippen molar-refractivity contribution in [2.45, 2.75) is 24.8 Å². The van der Waals surface area contributed by atoms with Crippen molar-refractivity contribution in [2.75, 3.05) is 0 Å². The fourth-order valence-corrected chi connectivity index (χ4v) is 4.28. The molecule has 3 nitrogen and oxygen atoms in total. The van der Waals surface area contributed by atoms with Gasteiger partial charge >= 0.3 is 0 Å². The predicted molar refractivity (Wildman–Crippen MR) is 122 cm³/mol. The summed E-state index contributed by atoms with van der Waals surface area (Å²) < 4.78 is 0. The molecule has 4 rings (SSSR count). The highest BCUT2D eigenvalue weighted by Crippen LogP contribution is 2.42. The number of hydrogen-bond donors (Lipinski definition) is 0. The molecule has 0 aromatic heterocycles. The van der Waals surface area contributed by atoms with E-state index in [-0.39, 0.29) is 17.9 Å². The van der Waals surface area contributed by atoms with Gasteiger partial charge in [0.25, 0.3) is 0 Å². The molecule has 0 N–H and O–H groups in total. The lowest BCUT2D eigenvalue weighted by atomic mass is 9.81. The smallest absolute Gasteiger partial charge is 0.118 e. The second-order valence-electron chi connectivity index (χ2n) is 7.66. The molecule has 0 amide bonds. The van der Waals surface area contributed by atoms with E-state index in [0.717, 1.165) is 16.7 Å². The first-order valence-electron chi connectivity index (χ1n) is 10.4. The van der Waals surface area contributed by atoms with Crippen LogP contribution in [-0.4, -0.2) is 4.90 Å². The molecule has 0 radical (unpaired) electrons. The summed E-state index contributed by atoms with van der Waals surface area (Å²) in [5.41, 5.74) is 4.28. The lowest BCUT2D eigenvalue weighted by Gasteiger charge is -2.29. The van der Waals surface area contributed by atoms with Gasteiger partial charge in [-0.05, 0) is 35.8 Å². The Hall–Kier alpha value is -4.08. The van der Waals surface area contributed by atoms with Gasteiger partial charge in [-0.1, -0.05) is 91.0 Å². The normalized spacial score (nSPS) is 19.3. The van der Waals surface area contributed by atoms with Crippen LogP contribution in [-0.2, 0) is 0 Å².